The first-order valence-electron chi connectivity index (χ1n) is 7.71. The molecule has 0 rings (SSSR count). The van der Waals surface area contributed by atoms with Crippen LogP contribution in [0, 0.1) is 0 Å². The summed E-state index contributed by atoms with van der Waals surface area (Å²) in [5.41, 5.74) is 0. The molecule has 100 valence electrons. The van der Waals surface area contributed by atoms with Gasteiger partial charge in [0.2, 0.25) is 0 Å². The summed E-state index contributed by atoms with van der Waals surface area (Å²) in [6.45, 7) is 4.47. The van der Waals surface area contributed by atoms with Gasteiger partial charge in [0.15, 0.2) is 0 Å². The Balaban J connectivity index is 3.07. The van der Waals surface area contributed by atoms with E-state index in [1.807, 2.05) is 0 Å². The standard InChI is InChI=1S/C17H32/c1-3-5-7-9-11-13-15-17-16-14-12-10-8-6-4-2/h5,7,15,17H,3-4,6,8-14,16H2,1-2H3. The molecule has 0 heterocycles. The Morgan fingerprint density at radius 3 is 1.71 bits per heavy atom. The molecule has 0 saturated carbocycles. The highest BCUT2D eigenvalue weighted by atomic mass is 13.9. The van der Waals surface area contributed by atoms with Gasteiger partial charge in [0.1, 0.15) is 0 Å². The summed E-state index contributed by atoms with van der Waals surface area (Å²) in [4.78, 5) is 0. The van der Waals surface area contributed by atoms with Crippen LogP contribution in [-0.4, -0.2) is 0 Å². The van der Waals surface area contributed by atoms with Gasteiger partial charge in [-0.15, -0.1) is 0 Å². The third-order valence-electron chi connectivity index (χ3n) is 3.03. The highest BCUT2D eigenvalue weighted by molar-refractivity contribution is 4.84. The smallest absolute Gasteiger partial charge is 0.0348 e. The Morgan fingerprint density at radius 2 is 1.06 bits per heavy atom. The maximum atomic E-state index is 2.38. The number of hydrogen-bond donors (Lipinski definition) is 0. The van der Waals surface area contributed by atoms with Crippen LogP contribution < -0.4 is 0 Å². The van der Waals surface area contributed by atoms with E-state index < -0.39 is 0 Å². The van der Waals surface area contributed by atoms with Crippen molar-refractivity contribution in [3.63, 3.8) is 0 Å². The van der Waals surface area contributed by atoms with E-state index in [1.165, 1.54) is 70.6 Å². The minimum atomic E-state index is 1.17. The van der Waals surface area contributed by atoms with Crippen molar-refractivity contribution in [3.05, 3.63) is 24.3 Å². The van der Waals surface area contributed by atoms with Crippen molar-refractivity contribution in [2.24, 2.45) is 0 Å². The van der Waals surface area contributed by atoms with Gasteiger partial charge >= 0.3 is 0 Å². The highest BCUT2D eigenvalue weighted by Gasteiger charge is 1.88. The molecular weight excluding hydrogens is 204 g/mol. The SMILES string of the molecule is CCC=CCCCC=CCCCCCCCC. The van der Waals surface area contributed by atoms with Crippen molar-refractivity contribution in [3.8, 4) is 0 Å². The van der Waals surface area contributed by atoms with Crippen LogP contribution in [0.15, 0.2) is 24.3 Å². The Morgan fingerprint density at radius 1 is 0.529 bits per heavy atom. The third kappa shape index (κ3) is 15.5. The van der Waals surface area contributed by atoms with Gasteiger partial charge in [0, 0.05) is 0 Å². The van der Waals surface area contributed by atoms with Gasteiger partial charge in [-0.3, -0.25) is 0 Å². The molecule has 0 aliphatic carbocycles. The average Bonchev–Trinajstić information content (AvgIpc) is 2.35. The molecule has 0 nitrogen and oxygen atoms in total. The molecule has 0 atom stereocenters. The van der Waals surface area contributed by atoms with Gasteiger partial charge in [-0.2, -0.15) is 0 Å². The van der Waals surface area contributed by atoms with E-state index in [-0.39, 0.29) is 0 Å². The number of hydrogen-bond acceptors (Lipinski definition) is 0. The third-order valence-corrected chi connectivity index (χ3v) is 3.03. The molecule has 0 aromatic heterocycles. The largest absolute Gasteiger partial charge is 0.0888 e. The van der Waals surface area contributed by atoms with E-state index in [0.717, 1.165) is 0 Å². The molecule has 17 heavy (non-hydrogen) atoms. The van der Waals surface area contributed by atoms with Crippen LogP contribution in [0.1, 0.15) is 84.5 Å². The number of rotatable bonds is 12. The van der Waals surface area contributed by atoms with Crippen LogP contribution in [0.25, 0.3) is 0 Å². The zero-order valence-corrected chi connectivity index (χ0v) is 12.1. The molecule has 0 aliphatic rings. The Bertz CT molecular complexity index is 176. The van der Waals surface area contributed by atoms with Gasteiger partial charge in [-0.1, -0.05) is 70.3 Å². The second-order valence-corrected chi connectivity index (χ2v) is 4.84. The van der Waals surface area contributed by atoms with Crippen molar-refractivity contribution in [1.29, 1.82) is 0 Å². The molecular formula is C17H32. The summed E-state index contributed by atoms with van der Waals surface area (Å²) in [5.74, 6) is 0. The summed E-state index contributed by atoms with van der Waals surface area (Å²) < 4.78 is 0. The maximum absolute atomic E-state index is 2.38. The van der Waals surface area contributed by atoms with Crippen molar-refractivity contribution < 1.29 is 0 Å². The van der Waals surface area contributed by atoms with Crippen LogP contribution >= 0.6 is 0 Å². The topological polar surface area (TPSA) is 0 Å². The summed E-state index contributed by atoms with van der Waals surface area (Å²) in [7, 11) is 0. The van der Waals surface area contributed by atoms with Crippen LogP contribution in [0.2, 0.25) is 0 Å². The first-order valence-corrected chi connectivity index (χ1v) is 7.71. The Hall–Kier alpha value is -0.520. The highest BCUT2D eigenvalue weighted by Crippen LogP contribution is 2.07. The normalized spacial score (nSPS) is 11.9. The Kier molecular flexibility index (Phi) is 15.0. The lowest BCUT2D eigenvalue weighted by Gasteiger charge is -1.97. The van der Waals surface area contributed by atoms with E-state index in [1.54, 1.807) is 0 Å². The van der Waals surface area contributed by atoms with Crippen molar-refractivity contribution >= 4 is 0 Å². The summed E-state index contributed by atoms with van der Waals surface area (Å²) in [6, 6.07) is 0. The van der Waals surface area contributed by atoms with Gasteiger partial charge in [0.05, 0.1) is 0 Å². The van der Waals surface area contributed by atoms with Crippen molar-refractivity contribution in [2.45, 2.75) is 84.5 Å². The second kappa shape index (κ2) is 15.5. The fourth-order valence-corrected chi connectivity index (χ4v) is 1.92. The van der Waals surface area contributed by atoms with Crippen LogP contribution in [0.3, 0.4) is 0 Å². The first kappa shape index (κ1) is 16.5. The maximum Gasteiger partial charge on any atom is -0.0348 e. The second-order valence-electron chi connectivity index (χ2n) is 4.84. The van der Waals surface area contributed by atoms with Gasteiger partial charge in [0.25, 0.3) is 0 Å². The fraction of sp³-hybridized carbons (Fsp3) is 0.765. The molecule has 0 heteroatoms. The van der Waals surface area contributed by atoms with Gasteiger partial charge in [-0.05, 0) is 38.5 Å². The molecule has 0 aromatic carbocycles. The van der Waals surface area contributed by atoms with Crippen LogP contribution in [0.5, 0.6) is 0 Å². The summed E-state index contributed by atoms with van der Waals surface area (Å²) in [5, 5.41) is 0. The quantitative estimate of drug-likeness (QED) is 0.270. The fourth-order valence-electron chi connectivity index (χ4n) is 1.92. The zero-order valence-electron chi connectivity index (χ0n) is 12.1. The molecule has 0 aliphatic heterocycles. The number of unbranched alkanes of at least 4 members (excludes halogenated alkanes) is 8. The summed E-state index contributed by atoms with van der Waals surface area (Å²) in [6.07, 6.45) is 24.0. The molecule has 0 unspecified atom stereocenters. The predicted octanol–water partition coefficient (Wildman–Crippen LogP) is 6.43. The molecule has 0 radical (unpaired) electrons. The van der Waals surface area contributed by atoms with E-state index in [4.69, 9.17) is 0 Å². The molecule has 0 spiro atoms. The van der Waals surface area contributed by atoms with Crippen LogP contribution in [0.4, 0.5) is 0 Å². The Labute approximate surface area is 109 Å². The lowest BCUT2D eigenvalue weighted by molar-refractivity contribution is 0.611. The van der Waals surface area contributed by atoms with Gasteiger partial charge in [-0.25, -0.2) is 0 Å². The van der Waals surface area contributed by atoms with E-state index >= 15 is 0 Å². The lowest BCUT2D eigenvalue weighted by atomic mass is 10.1. The average molecular weight is 236 g/mol. The minimum Gasteiger partial charge on any atom is -0.0888 e. The lowest BCUT2D eigenvalue weighted by Crippen LogP contribution is -1.77. The molecule has 0 fully saturated rings. The van der Waals surface area contributed by atoms with Crippen molar-refractivity contribution in [2.75, 3.05) is 0 Å². The summed E-state index contributed by atoms with van der Waals surface area (Å²) >= 11 is 0. The monoisotopic (exact) mass is 236 g/mol. The molecule has 0 N–H and O–H groups in total. The van der Waals surface area contributed by atoms with Gasteiger partial charge < -0.3 is 0 Å². The minimum absolute atomic E-state index is 1.17. The zero-order chi connectivity index (χ0) is 12.6. The number of allylic oxidation sites excluding steroid dienone is 4. The predicted molar refractivity (Wildman–Crippen MR) is 80.4 cm³/mol. The van der Waals surface area contributed by atoms with E-state index in [9.17, 15) is 0 Å². The molecule has 0 bridgehead atoms. The molecule has 0 saturated heterocycles. The molecule has 0 aromatic rings. The van der Waals surface area contributed by atoms with E-state index in [2.05, 4.69) is 38.2 Å². The van der Waals surface area contributed by atoms with Crippen LogP contribution in [-0.2, 0) is 0 Å². The molecule has 0 amide bonds. The van der Waals surface area contributed by atoms with E-state index in [0.29, 0.717) is 0 Å². The first-order chi connectivity index (χ1) is 8.41. The van der Waals surface area contributed by atoms with Crippen molar-refractivity contribution in [1.82, 2.24) is 0 Å².